The number of amides is 2. The summed E-state index contributed by atoms with van der Waals surface area (Å²) in [5.41, 5.74) is 1.43. The van der Waals surface area contributed by atoms with Crippen LogP contribution in [0.4, 0.5) is 4.79 Å². The topological polar surface area (TPSA) is 93.4 Å². The monoisotopic (exact) mass is 255 g/mol. The standard InChI is InChI=1S/C12H21N3O3/c1-11(2,3)18-10(17)14-12-4-7(5-12)8(6-12)9(16)15-13/h7-8H,4-6,13H2,1-3H3,(H,14,17)(H,15,16). The third-order valence-corrected chi connectivity index (χ3v) is 3.73. The molecule has 0 aromatic rings. The van der Waals surface area contributed by atoms with Gasteiger partial charge >= 0.3 is 6.09 Å². The van der Waals surface area contributed by atoms with Crippen LogP contribution in [0, 0.1) is 11.8 Å². The molecule has 0 heterocycles. The number of fused-ring (bicyclic) bond motifs is 1. The Balaban J connectivity index is 1.90. The van der Waals surface area contributed by atoms with E-state index in [0.29, 0.717) is 12.3 Å². The molecule has 6 heteroatoms. The van der Waals surface area contributed by atoms with E-state index in [0.717, 1.165) is 12.8 Å². The van der Waals surface area contributed by atoms with Crippen molar-refractivity contribution >= 4 is 12.0 Å². The molecule has 1 unspecified atom stereocenters. The fraction of sp³-hybridized carbons (Fsp3) is 0.833. The summed E-state index contributed by atoms with van der Waals surface area (Å²) in [5, 5.41) is 2.90. The van der Waals surface area contributed by atoms with Gasteiger partial charge in [0.2, 0.25) is 5.91 Å². The Morgan fingerprint density at radius 3 is 2.39 bits per heavy atom. The van der Waals surface area contributed by atoms with Gasteiger partial charge in [-0.15, -0.1) is 0 Å². The van der Waals surface area contributed by atoms with Crippen LogP contribution in [-0.4, -0.2) is 23.1 Å². The Labute approximate surface area is 107 Å². The molecule has 6 nitrogen and oxygen atoms in total. The lowest BCUT2D eigenvalue weighted by atomic mass is 9.76. The molecule has 3 aliphatic rings. The molecule has 1 atom stereocenters. The average Bonchev–Trinajstić information content (AvgIpc) is 2.67. The van der Waals surface area contributed by atoms with E-state index in [9.17, 15) is 9.59 Å². The quantitative estimate of drug-likeness (QED) is 0.384. The van der Waals surface area contributed by atoms with E-state index >= 15 is 0 Å². The molecule has 2 bridgehead atoms. The number of hydrogen-bond donors (Lipinski definition) is 3. The van der Waals surface area contributed by atoms with Crippen LogP contribution in [0.2, 0.25) is 0 Å². The van der Waals surface area contributed by atoms with Crippen molar-refractivity contribution in [2.45, 2.75) is 51.2 Å². The molecule has 3 fully saturated rings. The second-order valence-corrected chi connectivity index (χ2v) is 6.39. The third-order valence-electron chi connectivity index (χ3n) is 3.73. The highest BCUT2D eigenvalue weighted by molar-refractivity contribution is 5.80. The molecule has 0 aromatic carbocycles. The molecule has 0 radical (unpaired) electrons. The summed E-state index contributed by atoms with van der Waals surface area (Å²) in [5.74, 6) is 5.27. The average molecular weight is 255 g/mol. The molecule has 3 aliphatic carbocycles. The molecule has 0 aromatic heterocycles. The van der Waals surface area contributed by atoms with Gasteiger partial charge < -0.3 is 10.1 Å². The first-order valence-corrected chi connectivity index (χ1v) is 6.26. The van der Waals surface area contributed by atoms with E-state index in [2.05, 4.69) is 10.7 Å². The summed E-state index contributed by atoms with van der Waals surface area (Å²) in [4.78, 5) is 23.3. The number of nitrogens with one attached hydrogen (secondary N) is 2. The summed E-state index contributed by atoms with van der Waals surface area (Å²) in [6.07, 6.45) is 1.92. The van der Waals surface area contributed by atoms with Gasteiger partial charge in [0.15, 0.2) is 0 Å². The second-order valence-electron chi connectivity index (χ2n) is 6.39. The van der Waals surface area contributed by atoms with Gasteiger partial charge in [0.05, 0.1) is 0 Å². The number of carbonyl (C=O) groups excluding carboxylic acids is 2. The van der Waals surface area contributed by atoms with Crippen LogP contribution in [0.25, 0.3) is 0 Å². The van der Waals surface area contributed by atoms with Gasteiger partial charge in [-0.25, -0.2) is 10.6 Å². The highest BCUT2D eigenvalue weighted by Crippen LogP contribution is 2.55. The van der Waals surface area contributed by atoms with Crippen molar-refractivity contribution in [3.63, 3.8) is 0 Å². The maximum absolute atomic E-state index is 11.7. The SMILES string of the molecule is CC(C)(C)OC(=O)NC12CC(C1)C(C(=O)NN)C2. The van der Waals surface area contributed by atoms with E-state index < -0.39 is 11.7 Å². The van der Waals surface area contributed by atoms with Gasteiger partial charge in [0.1, 0.15) is 5.60 Å². The van der Waals surface area contributed by atoms with Crippen molar-refractivity contribution in [1.82, 2.24) is 10.7 Å². The van der Waals surface area contributed by atoms with Crippen LogP contribution in [0.15, 0.2) is 0 Å². The normalized spacial score (nSPS) is 33.6. The van der Waals surface area contributed by atoms with Gasteiger partial charge in [-0.1, -0.05) is 0 Å². The molecule has 3 saturated carbocycles. The maximum Gasteiger partial charge on any atom is 0.408 e. The summed E-state index contributed by atoms with van der Waals surface area (Å²) < 4.78 is 5.24. The molecule has 3 rings (SSSR count). The lowest BCUT2D eigenvalue weighted by Gasteiger charge is -2.39. The largest absolute Gasteiger partial charge is 0.444 e. The molecule has 0 spiro atoms. The Hall–Kier alpha value is -1.30. The molecule has 18 heavy (non-hydrogen) atoms. The zero-order valence-electron chi connectivity index (χ0n) is 11.1. The summed E-state index contributed by atoms with van der Waals surface area (Å²) in [6, 6.07) is 0. The number of rotatable bonds is 2. The highest BCUT2D eigenvalue weighted by atomic mass is 16.6. The molecule has 2 amide bonds. The van der Waals surface area contributed by atoms with Crippen LogP contribution in [0.5, 0.6) is 0 Å². The van der Waals surface area contributed by atoms with Gasteiger partial charge in [-0.2, -0.15) is 0 Å². The summed E-state index contributed by atoms with van der Waals surface area (Å²) >= 11 is 0. The molecule has 4 N–H and O–H groups in total. The number of alkyl carbamates (subject to hydrolysis) is 1. The Morgan fingerprint density at radius 2 is 1.89 bits per heavy atom. The van der Waals surface area contributed by atoms with Crippen LogP contribution >= 0.6 is 0 Å². The van der Waals surface area contributed by atoms with Crippen molar-refractivity contribution in [2.24, 2.45) is 17.7 Å². The van der Waals surface area contributed by atoms with E-state index in [-0.39, 0.29) is 17.4 Å². The lowest BCUT2D eigenvalue weighted by Crippen LogP contribution is -2.53. The zero-order valence-corrected chi connectivity index (χ0v) is 11.1. The van der Waals surface area contributed by atoms with Gasteiger partial charge in [-0.3, -0.25) is 10.2 Å². The summed E-state index contributed by atoms with van der Waals surface area (Å²) in [6.45, 7) is 5.48. The lowest BCUT2D eigenvalue weighted by molar-refractivity contribution is -0.125. The maximum atomic E-state index is 11.7. The van der Waals surface area contributed by atoms with Crippen LogP contribution in [0.1, 0.15) is 40.0 Å². The highest BCUT2D eigenvalue weighted by Gasteiger charge is 2.59. The van der Waals surface area contributed by atoms with Crippen molar-refractivity contribution < 1.29 is 14.3 Å². The minimum absolute atomic E-state index is 0.0788. The smallest absolute Gasteiger partial charge is 0.408 e. The van der Waals surface area contributed by atoms with E-state index in [1.165, 1.54) is 0 Å². The minimum atomic E-state index is -0.503. The molecule has 0 aliphatic heterocycles. The molecular weight excluding hydrogens is 234 g/mol. The first kappa shape index (κ1) is 13.1. The number of nitrogens with two attached hydrogens (primary N) is 1. The fourth-order valence-electron chi connectivity index (χ4n) is 3.07. The predicted octanol–water partition coefficient (Wildman–Crippen LogP) is 0.670. The second kappa shape index (κ2) is 4.12. The number of hydrazine groups is 1. The van der Waals surface area contributed by atoms with Crippen molar-refractivity contribution in [1.29, 1.82) is 0 Å². The summed E-state index contributed by atoms with van der Waals surface area (Å²) in [7, 11) is 0. The molecule has 102 valence electrons. The predicted molar refractivity (Wildman–Crippen MR) is 65.3 cm³/mol. The Bertz CT molecular complexity index is 369. The minimum Gasteiger partial charge on any atom is -0.444 e. The van der Waals surface area contributed by atoms with Crippen molar-refractivity contribution in [3.8, 4) is 0 Å². The Kier molecular flexibility index (Phi) is 3.01. The van der Waals surface area contributed by atoms with Gasteiger partial charge in [0, 0.05) is 11.5 Å². The van der Waals surface area contributed by atoms with E-state index in [4.69, 9.17) is 10.6 Å². The van der Waals surface area contributed by atoms with Gasteiger partial charge in [-0.05, 0) is 46.0 Å². The van der Waals surface area contributed by atoms with Crippen LogP contribution < -0.4 is 16.6 Å². The number of ether oxygens (including phenoxy) is 1. The Morgan fingerprint density at radius 1 is 1.28 bits per heavy atom. The fourth-order valence-corrected chi connectivity index (χ4v) is 3.07. The first-order chi connectivity index (χ1) is 8.25. The van der Waals surface area contributed by atoms with Crippen molar-refractivity contribution in [3.05, 3.63) is 0 Å². The van der Waals surface area contributed by atoms with Crippen molar-refractivity contribution in [2.75, 3.05) is 0 Å². The van der Waals surface area contributed by atoms with Crippen LogP contribution in [0.3, 0.4) is 0 Å². The van der Waals surface area contributed by atoms with Crippen LogP contribution in [-0.2, 0) is 9.53 Å². The van der Waals surface area contributed by atoms with E-state index in [1.807, 2.05) is 20.8 Å². The van der Waals surface area contributed by atoms with Gasteiger partial charge in [0.25, 0.3) is 0 Å². The first-order valence-electron chi connectivity index (χ1n) is 6.26. The zero-order chi connectivity index (χ0) is 13.6. The number of carbonyl (C=O) groups is 2. The number of hydrogen-bond acceptors (Lipinski definition) is 4. The van der Waals surface area contributed by atoms with E-state index in [1.54, 1.807) is 0 Å². The molecular formula is C12H21N3O3. The molecule has 0 saturated heterocycles. The third kappa shape index (κ3) is 2.43.